The Morgan fingerprint density at radius 1 is 1.14 bits per heavy atom. The average molecular weight is 300 g/mol. The SMILES string of the molecule is CCC#CC(C)Cc1ccc(OCC(C)C)c(C(C)(C)C)c1. The summed E-state index contributed by atoms with van der Waals surface area (Å²) in [7, 11) is 0. The van der Waals surface area contributed by atoms with Crippen molar-refractivity contribution in [1.82, 2.24) is 0 Å². The molecule has 0 bridgehead atoms. The Morgan fingerprint density at radius 2 is 1.82 bits per heavy atom. The Kier molecular flexibility index (Phi) is 7.01. The van der Waals surface area contributed by atoms with Crippen LogP contribution in [0.15, 0.2) is 18.2 Å². The quantitative estimate of drug-likeness (QED) is 0.642. The normalized spacial score (nSPS) is 12.7. The van der Waals surface area contributed by atoms with Gasteiger partial charge in [0.15, 0.2) is 0 Å². The fraction of sp³-hybridized carbons (Fsp3) is 0.619. The molecular formula is C21H32O. The summed E-state index contributed by atoms with van der Waals surface area (Å²) in [6.45, 7) is 16.2. The number of ether oxygens (including phenoxy) is 1. The molecule has 22 heavy (non-hydrogen) atoms. The monoisotopic (exact) mass is 300 g/mol. The van der Waals surface area contributed by atoms with Gasteiger partial charge in [-0.1, -0.05) is 66.5 Å². The maximum atomic E-state index is 6.02. The van der Waals surface area contributed by atoms with Gasteiger partial charge in [-0.15, -0.1) is 5.92 Å². The molecule has 122 valence electrons. The van der Waals surface area contributed by atoms with Crippen LogP contribution in [0.5, 0.6) is 5.75 Å². The summed E-state index contributed by atoms with van der Waals surface area (Å²) >= 11 is 0. The third-order valence-electron chi connectivity index (χ3n) is 3.49. The van der Waals surface area contributed by atoms with Gasteiger partial charge in [0.25, 0.3) is 0 Å². The van der Waals surface area contributed by atoms with Gasteiger partial charge in [0, 0.05) is 12.3 Å². The molecule has 0 saturated carbocycles. The smallest absolute Gasteiger partial charge is 0.123 e. The first-order valence-electron chi connectivity index (χ1n) is 8.48. The molecule has 0 saturated heterocycles. The third kappa shape index (κ3) is 6.14. The van der Waals surface area contributed by atoms with Crippen molar-refractivity contribution in [2.24, 2.45) is 11.8 Å². The van der Waals surface area contributed by atoms with Crippen LogP contribution < -0.4 is 4.74 Å². The van der Waals surface area contributed by atoms with Crippen LogP contribution in [0.3, 0.4) is 0 Å². The highest BCUT2D eigenvalue weighted by molar-refractivity contribution is 5.42. The summed E-state index contributed by atoms with van der Waals surface area (Å²) in [5.41, 5.74) is 2.72. The van der Waals surface area contributed by atoms with Crippen LogP contribution in [0.4, 0.5) is 0 Å². The summed E-state index contributed by atoms with van der Waals surface area (Å²) in [6.07, 6.45) is 1.93. The van der Waals surface area contributed by atoms with Gasteiger partial charge in [-0.05, 0) is 34.9 Å². The first-order chi connectivity index (χ1) is 10.2. The second-order valence-electron chi connectivity index (χ2n) is 7.57. The Hall–Kier alpha value is -1.42. The van der Waals surface area contributed by atoms with E-state index in [2.05, 4.69) is 78.5 Å². The standard InChI is InChI=1S/C21H32O/c1-8-9-10-17(4)13-18-11-12-20(22-15-16(2)3)19(14-18)21(5,6)7/h11-12,14,16-17H,8,13,15H2,1-7H3. The molecule has 0 spiro atoms. The first-order valence-corrected chi connectivity index (χ1v) is 8.48. The van der Waals surface area contributed by atoms with Gasteiger partial charge in [0.1, 0.15) is 5.75 Å². The molecule has 1 rings (SSSR count). The van der Waals surface area contributed by atoms with Gasteiger partial charge in [-0.25, -0.2) is 0 Å². The minimum Gasteiger partial charge on any atom is -0.493 e. The van der Waals surface area contributed by atoms with Crippen LogP contribution in [-0.4, -0.2) is 6.61 Å². The van der Waals surface area contributed by atoms with Crippen LogP contribution in [0, 0.1) is 23.7 Å². The van der Waals surface area contributed by atoms with Crippen molar-refractivity contribution in [2.45, 2.75) is 66.7 Å². The molecule has 0 heterocycles. The van der Waals surface area contributed by atoms with E-state index in [1.165, 1.54) is 11.1 Å². The second kappa shape index (κ2) is 8.28. The second-order valence-corrected chi connectivity index (χ2v) is 7.57. The van der Waals surface area contributed by atoms with E-state index >= 15 is 0 Å². The zero-order chi connectivity index (χ0) is 16.8. The molecule has 1 aromatic carbocycles. The topological polar surface area (TPSA) is 9.23 Å². The zero-order valence-electron chi connectivity index (χ0n) is 15.4. The van der Waals surface area contributed by atoms with Crippen molar-refractivity contribution in [1.29, 1.82) is 0 Å². The molecule has 0 aromatic heterocycles. The number of hydrogen-bond donors (Lipinski definition) is 0. The molecule has 0 N–H and O–H groups in total. The predicted molar refractivity (Wildman–Crippen MR) is 96.4 cm³/mol. The average Bonchev–Trinajstić information content (AvgIpc) is 2.42. The fourth-order valence-electron chi connectivity index (χ4n) is 2.35. The molecule has 1 nitrogen and oxygen atoms in total. The molecule has 0 fully saturated rings. The molecule has 1 heteroatoms. The maximum absolute atomic E-state index is 6.02. The van der Waals surface area contributed by atoms with Gasteiger partial charge < -0.3 is 4.74 Å². The molecule has 1 unspecified atom stereocenters. The van der Waals surface area contributed by atoms with Crippen molar-refractivity contribution in [3.63, 3.8) is 0 Å². The van der Waals surface area contributed by atoms with Crippen molar-refractivity contribution in [3.8, 4) is 17.6 Å². The Morgan fingerprint density at radius 3 is 2.36 bits per heavy atom. The van der Waals surface area contributed by atoms with E-state index in [4.69, 9.17) is 4.74 Å². The Labute approximate surface area is 137 Å². The van der Waals surface area contributed by atoms with E-state index in [9.17, 15) is 0 Å². The van der Waals surface area contributed by atoms with Gasteiger partial charge >= 0.3 is 0 Å². The fourth-order valence-corrected chi connectivity index (χ4v) is 2.35. The van der Waals surface area contributed by atoms with Crippen LogP contribution >= 0.6 is 0 Å². The van der Waals surface area contributed by atoms with E-state index in [-0.39, 0.29) is 5.41 Å². The predicted octanol–water partition coefficient (Wildman–Crippen LogP) is 5.61. The van der Waals surface area contributed by atoms with Gasteiger partial charge in [0.2, 0.25) is 0 Å². The van der Waals surface area contributed by atoms with E-state index in [1.807, 2.05) is 0 Å². The summed E-state index contributed by atoms with van der Waals surface area (Å²) in [6, 6.07) is 6.63. The largest absolute Gasteiger partial charge is 0.493 e. The van der Waals surface area contributed by atoms with E-state index in [0.717, 1.165) is 25.2 Å². The van der Waals surface area contributed by atoms with Crippen LogP contribution in [-0.2, 0) is 11.8 Å². The molecular weight excluding hydrogens is 268 g/mol. The Bertz CT molecular complexity index is 523. The van der Waals surface area contributed by atoms with E-state index in [0.29, 0.717) is 11.8 Å². The highest BCUT2D eigenvalue weighted by Gasteiger charge is 2.20. The lowest BCUT2D eigenvalue weighted by atomic mass is 9.84. The maximum Gasteiger partial charge on any atom is 0.123 e. The van der Waals surface area contributed by atoms with Crippen molar-refractivity contribution < 1.29 is 4.74 Å². The summed E-state index contributed by atoms with van der Waals surface area (Å²) in [5.74, 6) is 8.46. The summed E-state index contributed by atoms with van der Waals surface area (Å²) in [5, 5.41) is 0. The lowest BCUT2D eigenvalue weighted by molar-refractivity contribution is 0.265. The number of benzene rings is 1. The van der Waals surface area contributed by atoms with E-state index in [1.54, 1.807) is 0 Å². The highest BCUT2D eigenvalue weighted by atomic mass is 16.5. The van der Waals surface area contributed by atoms with Gasteiger partial charge in [-0.3, -0.25) is 0 Å². The lowest BCUT2D eigenvalue weighted by Crippen LogP contribution is -2.16. The molecule has 0 aliphatic carbocycles. The zero-order valence-corrected chi connectivity index (χ0v) is 15.4. The molecule has 1 aromatic rings. The lowest BCUT2D eigenvalue weighted by Gasteiger charge is -2.24. The van der Waals surface area contributed by atoms with Crippen molar-refractivity contribution >= 4 is 0 Å². The van der Waals surface area contributed by atoms with Crippen LogP contribution in [0.1, 0.15) is 66.0 Å². The molecule has 0 aliphatic rings. The van der Waals surface area contributed by atoms with E-state index < -0.39 is 0 Å². The summed E-state index contributed by atoms with van der Waals surface area (Å²) < 4.78 is 6.02. The van der Waals surface area contributed by atoms with Gasteiger partial charge in [-0.2, -0.15) is 0 Å². The van der Waals surface area contributed by atoms with Crippen LogP contribution in [0.25, 0.3) is 0 Å². The molecule has 0 aliphatic heterocycles. The molecule has 0 amide bonds. The minimum atomic E-state index is 0.0840. The minimum absolute atomic E-state index is 0.0840. The summed E-state index contributed by atoms with van der Waals surface area (Å²) in [4.78, 5) is 0. The molecule has 0 radical (unpaired) electrons. The molecule has 1 atom stereocenters. The highest BCUT2D eigenvalue weighted by Crippen LogP contribution is 2.33. The number of rotatable bonds is 5. The third-order valence-corrected chi connectivity index (χ3v) is 3.49. The Balaban J connectivity index is 2.99. The van der Waals surface area contributed by atoms with Crippen molar-refractivity contribution in [2.75, 3.05) is 6.61 Å². The van der Waals surface area contributed by atoms with Gasteiger partial charge in [0.05, 0.1) is 6.61 Å². The van der Waals surface area contributed by atoms with Crippen molar-refractivity contribution in [3.05, 3.63) is 29.3 Å². The number of hydrogen-bond acceptors (Lipinski definition) is 1. The first kappa shape index (κ1) is 18.6. The van der Waals surface area contributed by atoms with Crippen LogP contribution in [0.2, 0.25) is 0 Å².